The van der Waals surface area contributed by atoms with E-state index in [1.807, 2.05) is 12.1 Å². The van der Waals surface area contributed by atoms with Gasteiger partial charge in [0.1, 0.15) is 13.2 Å². The molecular weight excluding hydrogens is 304 g/mol. The fourth-order valence-electron chi connectivity index (χ4n) is 3.08. The molecule has 1 atom stereocenters. The van der Waals surface area contributed by atoms with E-state index in [0.717, 1.165) is 24.9 Å². The number of carbonyl (C=O) groups is 1. The minimum Gasteiger partial charge on any atom is -0.486 e. The van der Waals surface area contributed by atoms with E-state index < -0.39 is 0 Å². The Bertz CT molecular complexity index is 577. The zero-order chi connectivity index (χ0) is 15.7. The van der Waals surface area contributed by atoms with Crippen molar-refractivity contribution < 1.29 is 14.3 Å². The zero-order valence-electron chi connectivity index (χ0n) is 13.0. The molecule has 2 heterocycles. The highest BCUT2D eigenvalue weighted by Gasteiger charge is 2.32. The van der Waals surface area contributed by atoms with Crippen LogP contribution in [0.5, 0.6) is 11.5 Å². The molecule has 5 nitrogen and oxygen atoms in total. The summed E-state index contributed by atoms with van der Waals surface area (Å²) in [5.74, 6) is 1.49. The first-order valence-corrected chi connectivity index (χ1v) is 7.97. The Hall–Kier alpha value is -1.46. The second kappa shape index (κ2) is 6.34. The summed E-state index contributed by atoms with van der Waals surface area (Å²) in [4.78, 5) is 16.1. The van der Waals surface area contributed by atoms with Crippen molar-refractivity contribution in [3.8, 4) is 11.5 Å². The Morgan fingerprint density at radius 2 is 2.14 bits per heavy atom. The summed E-state index contributed by atoms with van der Waals surface area (Å²) < 4.78 is 11.2. The number of likely N-dealkylation sites (N-methyl/N-ethyl adjacent to an activating group) is 1. The molecule has 2 aliphatic rings. The van der Waals surface area contributed by atoms with Crippen LogP contribution in [0, 0.1) is 0 Å². The third kappa shape index (κ3) is 3.01. The molecule has 22 heavy (non-hydrogen) atoms. The van der Waals surface area contributed by atoms with E-state index in [2.05, 4.69) is 4.90 Å². The molecule has 0 aliphatic carbocycles. The number of benzene rings is 1. The second-order valence-electron chi connectivity index (χ2n) is 5.96. The van der Waals surface area contributed by atoms with Gasteiger partial charge in [0.25, 0.3) is 0 Å². The van der Waals surface area contributed by atoms with Crippen LogP contribution in [0.15, 0.2) is 12.1 Å². The number of halogens is 1. The van der Waals surface area contributed by atoms with Gasteiger partial charge in [-0.2, -0.15) is 0 Å². The molecule has 0 spiro atoms. The Morgan fingerprint density at radius 3 is 2.91 bits per heavy atom. The molecule has 6 heteroatoms. The lowest BCUT2D eigenvalue weighted by molar-refractivity contribution is -0.133. The van der Waals surface area contributed by atoms with Gasteiger partial charge >= 0.3 is 0 Å². The normalized spacial score (nSPS) is 21.0. The van der Waals surface area contributed by atoms with Gasteiger partial charge < -0.3 is 14.4 Å². The van der Waals surface area contributed by atoms with Gasteiger partial charge in [-0.1, -0.05) is 11.6 Å². The van der Waals surface area contributed by atoms with E-state index in [4.69, 9.17) is 21.1 Å². The highest BCUT2D eigenvalue weighted by Crippen LogP contribution is 2.39. The summed E-state index contributed by atoms with van der Waals surface area (Å²) in [5, 5.41) is 0.571. The van der Waals surface area contributed by atoms with E-state index in [0.29, 0.717) is 36.3 Å². The number of hydrogen-bond acceptors (Lipinski definition) is 4. The molecular formula is C16H21ClN2O3. The highest BCUT2D eigenvalue weighted by molar-refractivity contribution is 6.32. The van der Waals surface area contributed by atoms with Crippen molar-refractivity contribution in [3.05, 3.63) is 22.7 Å². The predicted molar refractivity (Wildman–Crippen MR) is 84.6 cm³/mol. The molecule has 1 amide bonds. The third-order valence-corrected chi connectivity index (χ3v) is 4.41. The summed E-state index contributed by atoms with van der Waals surface area (Å²) in [6, 6.07) is 3.84. The molecule has 0 bridgehead atoms. The van der Waals surface area contributed by atoms with Crippen LogP contribution in [0.3, 0.4) is 0 Å². The van der Waals surface area contributed by atoms with Crippen molar-refractivity contribution >= 4 is 17.5 Å². The average Bonchev–Trinajstić information content (AvgIpc) is 2.94. The smallest absolute Gasteiger partial charge is 0.239 e. The summed E-state index contributed by atoms with van der Waals surface area (Å²) in [7, 11) is 3.61. The van der Waals surface area contributed by atoms with Crippen LogP contribution >= 0.6 is 11.6 Å². The molecule has 1 aromatic rings. The summed E-state index contributed by atoms with van der Waals surface area (Å²) in [5.41, 5.74) is 1.05. The van der Waals surface area contributed by atoms with Crippen LogP contribution in [0.25, 0.3) is 0 Å². The Morgan fingerprint density at radius 1 is 1.36 bits per heavy atom. The highest BCUT2D eigenvalue weighted by atomic mass is 35.5. The second-order valence-corrected chi connectivity index (χ2v) is 6.37. The summed E-state index contributed by atoms with van der Waals surface area (Å²) in [6.07, 6.45) is 1.96. The molecule has 1 saturated heterocycles. The molecule has 1 unspecified atom stereocenters. The van der Waals surface area contributed by atoms with Crippen LogP contribution in [0.4, 0.5) is 0 Å². The van der Waals surface area contributed by atoms with Gasteiger partial charge in [0.15, 0.2) is 11.5 Å². The van der Waals surface area contributed by atoms with Crippen LogP contribution in [-0.2, 0) is 11.3 Å². The van der Waals surface area contributed by atoms with Crippen LogP contribution in [0.2, 0.25) is 5.02 Å². The fraction of sp³-hybridized carbons (Fsp3) is 0.562. The number of carbonyl (C=O) groups excluding carboxylic acids is 1. The first kappa shape index (κ1) is 15.4. The van der Waals surface area contributed by atoms with E-state index >= 15 is 0 Å². The largest absolute Gasteiger partial charge is 0.486 e. The first-order chi connectivity index (χ1) is 10.6. The van der Waals surface area contributed by atoms with Crippen molar-refractivity contribution in [1.82, 2.24) is 9.80 Å². The van der Waals surface area contributed by atoms with Gasteiger partial charge in [0.05, 0.1) is 11.1 Å². The van der Waals surface area contributed by atoms with Crippen LogP contribution in [-0.4, -0.2) is 55.6 Å². The number of hydrogen-bond donors (Lipinski definition) is 0. The first-order valence-electron chi connectivity index (χ1n) is 7.59. The monoisotopic (exact) mass is 324 g/mol. The lowest BCUT2D eigenvalue weighted by Gasteiger charge is -2.27. The third-order valence-electron chi connectivity index (χ3n) is 4.13. The predicted octanol–water partition coefficient (Wildman–Crippen LogP) is 2.16. The molecule has 0 aromatic heterocycles. The van der Waals surface area contributed by atoms with Gasteiger partial charge in [-0.3, -0.25) is 9.69 Å². The molecule has 1 fully saturated rings. The van der Waals surface area contributed by atoms with Gasteiger partial charge in [-0.05, 0) is 37.1 Å². The molecule has 2 aliphatic heterocycles. The molecule has 0 radical (unpaired) electrons. The topological polar surface area (TPSA) is 42.0 Å². The number of likely N-dealkylation sites (tertiary alicyclic amines) is 1. The van der Waals surface area contributed by atoms with E-state index in [-0.39, 0.29) is 11.9 Å². The SMILES string of the molecule is CN(C)C(=O)C1CCCN1Cc1cc(Cl)c2c(c1)OCCO2. The quantitative estimate of drug-likeness (QED) is 0.854. The maximum atomic E-state index is 12.3. The lowest BCUT2D eigenvalue weighted by Crippen LogP contribution is -2.42. The molecule has 0 N–H and O–H groups in total. The van der Waals surface area contributed by atoms with Gasteiger partial charge in [-0.15, -0.1) is 0 Å². The fourth-order valence-corrected chi connectivity index (χ4v) is 3.37. The number of amides is 1. The minimum absolute atomic E-state index is 0.0398. The molecule has 0 saturated carbocycles. The van der Waals surface area contributed by atoms with Gasteiger partial charge in [0, 0.05) is 20.6 Å². The molecule has 1 aromatic carbocycles. The van der Waals surface area contributed by atoms with Crippen LogP contribution < -0.4 is 9.47 Å². The van der Waals surface area contributed by atoms with Crippen molar-refractivity contribution in [3.63, 3.8) is 0 Å². The zero-order valence-corrected chi connectivity index (χ0v) is 13.7. The van der Waals surface area contributed by atoms with E-state index in [1.165, 1.54) is 0 Å². The van der Waals surface area contributed by atoms with Crippen molar-refractivity contribution in [2.45, 2.75) is 25.4 Å². The lowest BCUT2D eigenvalue weighted by atomic mass is 10.1. The Balaban J connectivity index is 1.78. The number of nitrogens with zero attached hydrogens (tertiary/aromatic N) is 2. The molecule has 120 valence electrons. The number of fused-ring (bicyclic) bond motifs is 1. The van der Waals surface area contributed by atoms with Crippen molar-refractivity contribution in [2.75, 3.05) is 33.9 Å². The van der Waals surface area contributed by atoms with Crippen LogP contribution in [0.1, 0.15) is 18.4 Å². The standard InChI is InChI=1S/C16H21ClN2O3/c1-18(2)16(20)13-4-3-5-19(13)10-11-8-12(17)15-14(9-11)21-6-7-22-15/h8-9,13H,3-7,10H2,1-2H3. The van der Waals surface area contributed by atoms with Gasteiger partial charge in [-0.25, -0.2) is 0 Å². The summed E-state index contributed by atoms with van der Waals surface area (Å²) in [6.45, 7) is 2.69. The minimum atomic E-state index is -0.0398. The Kier molecular flexibility index (Phi) is 4.45. The van der Waals surface area contributed by atoms with E-state index in [1.54, 1.807) is 19.0 Å². The average molecular weight is 325 g/mol. The van der Waals surface area contributed by atoms with E-state index in [9.17, 15) is 4.79 Å². The number of rotatable bonds is 3. The maximum Gasteiger partial charge on any atom is 0.239 e. The maximum absolute atomic E-state index is 12.3. The van der Waals surface area contributed by atoms with Gasteiger partial charge in [0.2, 0.25) is 5.91 Å². The number of ether oxygens (including phenoxy) is 2. The van der Waals surface area contributed by atoms with Crippen molar-refractivity contribution in [1.29, 1.82) is 0 Å². The van der Waals surface area contributed by atoms with Crippen molar-refractivity contribution in [2.24, 2.45) is 0 Å². The molecule has 3 rings (SSSR count). The summed E-state index contributed by atoms with van der Waals surface area (Å²) >= 11 is 6.28. The Labute approximate surface area is 135 Å².